The van der Waals surface area contributed by atoms with Gasteiger partial charge in [0.05, 0.1) is 0 Å². The number of halogens is 1. The van der Waals surface area contributed by atoms with E-state index in [0.29, 0.717) is 12.4 Å². The van der Waals surface area contributed by atoms with Crippen molar-refractivity contribution in [3.8, 4) is 0 Å². The molecule has 0 unspecified atom stereocenters. The van der Waals surface area contributed by atoms with Crippen molar-refractivity contribution in [2.75, 3.05) is 6.54 Å². The van der Waals surface area contributed by atoms with E-state index in [1.807, 2.05) is 13.8 Å². The number of amidine groups is 1. The maximum absolute atomic E-state index is 12.8. The number of aliphatic imine (C=N–C) groups is 1. The molecule has 0 saturated heterocycles. The first-order valence-electron chi connectivity index (χ1n) is 4.71. The Kier molecular flexibility index (Phi) is 3.63. The Labute approximate surface area is 83.7 Å². The zero-order valence-electron chi connectivity index (χ0n) is 8.55. The van der Waals surface area contributed by atoms with Crippen LogP contribution in [0, 0.1) is 12.7 Å². The molecule has 0 saturated carbocycles. The van der Waals surface area contributed by atoms with E-state index in [1.54, 1.807) is 6.07 Å². The van der Waals surface area contributed by atoms with E-state index in [1.165, 1.54) is 12.1 Å². The van der Waals surface area contributed by atoms with Crippen molar-refractivity contribution in [2.24, 2.45) is 10.7 Å². The van der Waals surface area contributed by atoms with Gasteiger partial charge in [-0.25, -0.2) is 4.39 Å². The molecule has 0 spiro atoms. The lowest BCUT2D eigenvalue weighted by Gasteiger charge is -2.04. The van der Waals surface area contributed by atoms with Crippen molar-refractivity contribution in [2.45, 2.75) is 20.3 Å². The molecule has 1 aromatic carbocycles. The summed E-state index contributed by atoms with van der Waals surface area (Å²) in [6, 6.07) is 4.53. The molecule has 0 aliphatic heterocycles. The van der Waals surface area contributed by atoms with E-state index in [9.17, 15) is 4.39 Å². The van der Waals surface area contributed by atoms with Gasteiger partial charge in [0.1, 0.15) is 11.7 Å². The fourth-order valence-corrected chi connectivity index (χ4v) is 1.23. The normalized spacial score (nSPS) is 11.8. The SMILES string of the molecule is CCCN=C(N)c1ccc(F)cc1C. The average molecular weight is 194 g/mol. The molecule has 2 nitrogen and oxygen atoms in total. The van der Waals surface area contributed by atoms with Crippen LogP contribution < -0.4 is 5.73 Å². The first-order valence-corrected chi connectivity index (χ1v) is 4.71. The molecule has 0 radical (unpaired) electrons. The van der Waals surface area contributed by atoms with Gasteiger partial charge in [0, 0.05) is 12.1 Å². The van der Waals surface area contributed by atoms with Crippen molar-refractivity contribution in [3.63, 3.8) is 0 Å². The Bertz CT molecular complexity index is 345. The molecule has 0 aliphatic carbocycles. The van der Waals surface area contributed by atoms with Crippen LogP contribution in [0.1, 0.15) is 24.5 Å². The van der Waals surface area contributed by atoms with E-state index in [2.05, 4.69) is 4.99 Å². The van der Waals surface area contributed by atoms with Gasteiger partial charge in [0.2, 0.25) is 0 Å². The smallest absolute Gasteiger partial charge is 0.125 e. The Morgan fingerprint density at radius 1 is 1.50 bits per heavy atom. The van der Waals surface area contributed by atoms with E-state index in [-0.39, 0.29) is 5.82 Å². The number of nitrogens with two attached hydrogens (primary N) is 1. The zero-order valence-corrected chi connectivity index (χ0v) is 8.55. The molecule has 2 N–H and O–H groups in total. The molecule has 0 heterocycles. The largest absolute Gasteiger partial charge is 0.383 e. The third-order valence-electron chi connectivity index (χ3n) is 1.97. The Hall–Kier alpha value is -1.38. The number of rotatable bonds is 3. The van der Waals surface area contributed by atoms with Crippen LogP contribution in [0.2, 0.25) is 0 Å². The maximum Gasteiger partial charge on any atom is 0.125 e. The number of hydrogen-bond donors (Lipinski definition) is 1. The third-order valence-corrected chi connectivity index (χ3v) is 1.97. The maximum atomic E-state index is 12.8. The van der Waals surface area contributed by atoms with E-state index >= 15 is 0 Å². The van der Waals surface area contributed by atoms with Crippen LogP contribution >= 0.6 is 0 Å². The molecule has 0 bridgehead atoms. The third kappa shape index (κ3) is 2.55. The molecule has 14 heavy (non-hydrogen) atoms. The molecule has 3 heteroatoms. The quantitative estimate of drug-likeness (QED) is 0.581. The Morgan fingerprint density at radius 3 is 2.79 bits per heavy atom. The predicted molar refractivity (Wildman–Crippen MR) is 57.0 cm³/mol. The molecule has 0 amide bonds. The summed E-state index contributed by atoms with van der Waals surface area (Å²) in [5, 5.41) is 0. The van der Waals surface area contributed by atoms with Gasteiger partial charge in [-0.1, -0.05) is 6.92 Å². The summed E-state index contributed by atoms with van der Waals surface area (Å²) in [6.07, 6.45) is 0.959. The number of aryl methyl sites for hydroxylation is 1. The van der Waals surface area contributed by atoms with Crippen LogP contribution in [0.15, 0.2) is 23.2 Å². The first-order chi connectivity index (χ1) is 6.65. The highest BCUT2D eigenvalue weighted by atomic mass is 19.1. The van der Waals surface area contributed by atoms with Gasteiger partial charge in [0.25, 0.3) is 0 Å². The lowest BCUT2D eigenvalue weighted by Crippen LogP contribution is -2.15. The molecule has 0 aromatic heterocycles. The van der Waals surface area contributed by atoms with Gasteiger partial charge in [-0.2, -0.15) is 0 Å². The van der Waals surface area contributed by atoms with E-state index in [0.717, 1.165) is 17.5 Å². The minimum atomic E-state index is -0.241. The second-order valence-corrected chi connectivity index (χ2v) is 3.23. The zero-order chi connectivity index (χ0) is 10.6. The lowest BCUT2D eigenvalue weighted by molar-refractivity contribution is 0.626. The van der Waals surface area contributed by atoms with Crippen molar-refractivity contribution < 1.29 is 4.39 Å². The molecule has 76 valence electrons. The monoisotopic (exact) mass is 194 g/mol. The van der Waals surface area contributed by atoms with Gasteiger partial charge >= 0.3 is 0 Å². The second-order valence-electron chi connectivity index (χ2n) is 3.23. The van der Waals surface area contributed by atoms with Crippen molar-refractivity contribution >= 4 is 5.84 Å². The summed E-state index contributed by atoms with van der Waals surface area (Å²) in [5.41, 5.74) is 7.40. The topological polar surface area (TPSA) is 38.4 Å². The Morgan fingerprint density at radius 2 is 2.21 bits per heavy atom. The molecular weight excluding hydrogens is 179 g/mol. The lowest BCUT2D eigenvalue weighted by atomic mass is 10.1. The van der Waals surface area contributed by atoms with E-state index < -0.39 is 0 Å². The van der Waals surface area contributed by atoms with Gasteiger partial charge < -0.3 is 5.73 Å². The van der Waals surface area contributed by atoms with Crippen LogP contribution in [0.5, 0.6) is 0 Å². The van der Waals surface area contributed by atoms with E-state index in [4.69, 9.17) is 5.73 Å². The summed E-state index contributed by atoms with van der Waals surface area (Å²) in [6.45, 7) is 4.57. The minimum Gasteiger partial charge on any atom is -0.383 e. The van der Waals surface area contributed by atoms with Gasteiger partial charge in [-0.15, -0.1) is 0 Å². The second kappa shape index (κ2) is 4.74. The average Bonchev–Trinajstić information content (AvgIpc) is 2.14. The minimum absolute atomic E-state index is 0.241. The van der Waals surface area contributed by atoms with Crippen molar-refractivity contribution in [1.29, 1.82) is 0 Å². The van der Waals surface area contributed by atoms with Crippen molar-refractivity contribution in [1.82, 2.24) is 0 Å². The standard InChI is InChI=1S/C11H15FN2/c1-3-6-14-11(13)10-5-4-9(12)7-8(10)2/h4-5,7H,3,6H2,1-2H3,(H2,13,14). The number of benzene rings is 1. The fraction of sp³-hybridized carbons (Fsp3) is 0.364. The fourth-order valence-electron chi connectivity index (χ4n) is 1.23. The molecule has 0 fully saturated rings. The van der Waals surface area contributed by atoms with Crippen LogP contribution in [0.25, 0.3) is 0 Å². The summed E-state index contributed by atoms with van der Waals surface area (Å²) in [7, 11) is 0. The summed E-state index contributed by atoms with van der Waals surface area (Å²) < 4.78 is 12.8. The van der Waals surface area contributed by atoms with Gasteiger partial charge in [-0.05, 0) is 37.1 Å². The summed E-state index contributed by atoms with van der Waals surface area (Å²) in [5.74, 6) is 0.249. The first kappa shape index (κ1) is 10.7. The Balaban J connectivity index is 2.95. The molecular formula is C11H15FN2. The van der Waals surface area contributed by atoms with Gasteiger partial charge in [0.15, 0.2) is 0 Å². The summed E-state index contributed by atoms with van der Waals surface area (Å²) in [4.78, 5) is 4.18. The summed E-state index contributed by atoms with van der Waals surface area (Å²) >= 11 is 0. The molecule has 0 aliphatic rings. The van der Waals surface area contributed by atoms with Crippen LogP contribution in [-0.4, -0.2) is 12.4 Å². The van der Waals surface area contributed by atoms with Crippen molar-refractivity contribution in [3.05, 3.63) is 35.1 Å². The highest BCUT2D eigenvalue weighted by Crippen LogP contribution is 2.09. The molecule has 1 aromatic rings. The number of hydrogen-bond acceptors (Lipinski definition) is 1. The van der Waals surface area contributed by atoms with Crippen LogP contribution in [0.3, 0.4) is 0 Å². The highest BCUT2D eigenvalue weighted by molar-refractivity contribution is 5.98. The van der Waals surface area contributed by atoms with Crippen LogP contribution in [-0.2, 0) is 0 Å². The molecule has 1 rings (SSSR count). The predicted octanol–water partition coefficient (Wildman–Crippen LogP) is 2.25. The van der Waals surface area contributed by atoms with Gasteiger partial charge in [-0.3, -0.25) is 4.99 Å². The van der Waals surface area contributed by atoms with Crippen LogP contribution in [0.4, 0.5) is 4.39 Å². The molecule has 0 atom stereocenters. The number of nitrogens with zero attached hydrogens (tertiary/aromatic N) is 1. The highest BCUT2D eigenvalue weighted by Gasteiger charge is 2.03.